The predicted octanol–water partition coefficient (Wildman–Crippen LogP) is 4.17. The molecule has 0 spiro atoms. The van der Waals surface area contributed by atoms with Crippen LogP contribution in [0.1, 0.15) is 0 Å². The molecule has 3 aromatic heterocycles. The second-order valence-corrected chi connectivity index (χ2v) is 6.39. The summed E-state index contributed by atoms with van der Waals surface area (Å²) in [6.45, 7) is 1.13. The molecule has 3 heterocycles. The van der Waals surface area contributed by atoms with Crippen LogP contribution < -0.4 is 10.6 Å². The Morgan fingerprint density at radius 2 is 1.87 bits per heavy atom. The molecule has 152 valence electrons. The second kappa shape index (κ2) is 8.75. The van der Waals surface area contributed by atoms with Gasteiger partial charge in [-0.3, -0.25) is 0 Å². The van der Waals surface area contributed by atoms with Crippen molar-refractivity contribution in [2.45, 2.75) is 0 Å². The first-order chi connectivity index (χ1) is 14.6. The molecule has 30 heavy (non-hydrogen) atoms. The third kappa shape index (κ3) is 4.31. The highest BCUT2D eigenvalue weighted by Gasteiger charge is 2.13. The number of methoxy groups -OCH3 is 1. The lowest BCUT2D eigenvalue weighted by atomic mass is 10.1. The molecule has 0 atom stereocenters. The van der Waals surface area contributed by atoms with E-state index >= 15 is 0 Å². The number of hydrogen-bond donors (Lipinski definition) is 2. The van der Waals surface area contributed by atoms with Gasteiger partial charge in [-0.15, -0.1) is 0 Å². The van der Waals surface area contributed by atoms with E-state index in [1.807, 2.05) is 6.07 Å². The molecule has 2 N–H and O–H groups in total. The third-order valence-electron chi connectivity index (χ3n) is 4.33. The Morgan fingerprint density at radius 1 is 1.00 bits per heavy atom. The van der Waals surface area contributed by atoms with Crippen molar-refractivity contribution in [2.24, 2.45) is 0 Å². The van der Waals surface area contributed by atoms with Gasteiger partial charge in [0.15, 0.2) is 5.65 Å². The Kier molecular flexibility index (Phi) is 5.71. The summed E-state index contributed by atoms with van der Waals surface area (Å²) in [4.78, 5) is 17.1. The van der Waals surface area contributed by atoms with Crippen LogP contribution in [0.25, 0.3) is 22.3 Å². The molecule has 1 aromatic carbocycles. The zero-order valence-corrected chi connectivity index (χ0v) is 16.1. The molecule has 0 amide bonds. The van der Waals surface area contributed by atoms with E-state index in [-0.39, 0.29) is 11.3 Å². The van der Waals surface area contributed by atoms with Gasteiger partial charge in [-0.05, 0) is 36.4 Å². The van der Waals surface area contributed by atoms with Crippen LogP contribution in [-0.2, 0) is 4.74 Å². The number of hydrogen-bond acceptors (Lipinski definition) is 7. The first-order valence-electron chi connectivity index (χ1n) is 9.17. The lowest BCUT2D eigenvalue weighted by Gasteiger charge is -2.12. The predicted molar refractivity (Wildman–Crippen MR) is 111 cm³/mol. The Hall–Kier alpha value is -3.72. The van der Waals surface area contributed by atoms with Gasteiger partial charge < -0.3 is 15.4 Å². The Bertz CT molecular complexity index is 1190. The fraction of sp³-hybridized carbons (Fsp3) is 0.143. The largest absolute Gasteiger partial charge is 0.383 e. The van der Waals surface area contributed by atoms with E-state index in [1.165, 1.54) is 6.33 Å². The summed E-state index contributed by atoms with van der Waals surface area (Å²) in [5, 5.41) is 7.04. The van der Waals surface area contributed by atoms with Crippen molar-refractivity contribution in [3.8, 4) is 11.3 Å². The molecule has 0 aliphatic rings. The van der Waals surface area contributed by atoms with Gasteiger partial charge >= 0.3 is 0 Å². The van der Waals surface area contributed by atoms with Crippen LogP contribution >= 0.6 is 0 Å². The number of rotatable bonds is 7. The molecule has 9 heteroatoms. The van der Waals surface area contributed by atoms with Crippen LogP contribution in [0.3, 0.4) is 0 Å². The number of benzene rings is 1. The Labute approximate surface area is 171 Å². The molecular formula is C21H18F2N6O. The lowest BCUT2D eigenvalue weighted by molar-refractivity contribution is 0.210. The Morgan fingerprint density at radius 3 is 2.73 bits per heavy atom. The van der Waals surface area contributed by atoms with E-state index < -0.39 is 11.6 Å². The van der Waals surface area contributed by atoms with Crippen LogP contribution in [0.4, 0.5) is 26.1 Å². The normalized spacial score (nSPS) is 10.9. The molecule has 0 radical (unpaired) electrons. The standard InChI is InChI=1S/C21H18F2N6O/c1-30-8-7-24-19-11-20(27-12-26-19)28-17-10-18(15-9-13(22)4-5-16(15)23)29-21-14(17)3-2-6-25-21/h2-6,9-12H,7-8H2,1H3,(H2,24,25,26,27,28,29). The minimum atomic E-state index is -0.572. The summed E-state index contributed by atoms with van der Waals surface area (Å²) in [5.41, 5.74) is 1.31. The molecule has 0 bridgehead atoms. The number of anilines is 3. The molecule has 0 unspecified atom stereocenters. The van der Waals surface area contributed by atoms with Crippen molar-refractivity contribution in [3.05, 3.63) is 66.6 Å². The summed E-state index contributed by atoms with van der Waals surface area (Å²) in [5.74, 6) is 0.0209. The van der Waals surface area contributed by atoms with Gasteiger partial charge in [0, 0.05) is 36.9 Å². The number of nitrogens with one attached hydrogen (secondary N) is 2. The van der Waals surface area contributed by atoms with E-state index in [1.54, 1.807) is 31.5 Å². The van der Waals surface area contributed by atoms with Crippen molar-refractivity contribution in [2.75, 3.05) is 30.9 Å². The zero-order valence-electron chi connectivity index (χ0n) is 16.1. The molecule has 0 fully saturated rings. The molecule has 0 aliphatic heterocycles. The maximum Gasteiger partial charge on any atom is 0.161 e. The van der Waals surface area contributed by atoms with Gasteiger partial charge in [-0.1, -0.05) is 0 Å². The highest BCUT2D eigenvalue weighted by atomic mass is 19.1. The highest BCUT2D eigenvalue weighted by Crippen LogP contribution is 2.31. The van der Waals surface area contributed by atoms with E-state index in [0.717, 1.165) is 18.2 Å². The fourth-order valence-corrected chi connectivity index (χ4v) is 2.93. The number of ether oxygens (including phenoxy) is 1. The topological polar surface area (TPSA) is 84.9 Å². The highest BCUT2D eigenvalue weighted by molar-refractivity contribution is 5.93. The molecule has 4 aromatic rings. The monoisotopic (exact) mass is 408 g/mol. The van der Waals surface area contributed by atoms with Crippen LogP contribution in [0.5, 0.6) is 0 Å². The van der Waals surface area contributed by atoms with E-state index in [2.05, 4.69) is 30.6 Å². The first-order valence-corrected chi connectivity index (χ1v) is 9.17. The van der Waals surface area contributed by atoms with Crippen molar-refractivity contribution in [1.82, 2.24) is 19.9 Å². The Balaban J connectivity index is 1.73. The zero-order chi connectivity index (χ0) is 20.9. The van der Waals surface area contributed by atoms with Crippen molar-refractivity contribution >= 4 is 28.4 Å². The second-order valence-electron chi connectivity index (χ2n) is 6.39. The smallest absolute Gasteiger partial charge is 0.161 e. The average Bonchev–Trinajstić information content (AvgIpc) is 2.76. The minimum Gasteiger partial charge on any atom is -0.383 e. The summed E-state index contributed by atoms with van der Waals surface area (Å²) < 4.78 is 33.1. The van der Waals surface area contributed by atoms with Crippen LogP contribution in [0.15, 0.2) is 55.0 Å². The van der Waals surface area contributed by atoms with Crippen LogP contribution in [0, 0.1) is 11.6 Å². The molecular weight excluding hydrogens is 390 g/mol. The number of pyridine rings is 2. The molecule has 7 nitrogen and oxygen atoms in total. The molecule has 0 saturated heterocycles. The molecule has 4 rings (SSSR count). The minimum absolute atomic E-state index is 0.0511. The van der Waals surface area contributed by atoms with Gasteiger partial charge in [0.25, 0.3) is 0 Å². The third-order valence-corrected chi connectivity index (χ3v) is 4.33. The van der Waals surface area contributed by atoms with E-state index in [0.29, 0.717) is 41.5 Å². The van der Waals surface area contributed by atoms with Crippen LogP contribution in [-0.4, -0.2) is 40.2 Å². The first kappa shape index (κ1) is 19.6. The van der Waals surface area contributed by atoms with E-state index in [9.17, 15) is 8.78 Å². The van der Waals surface area contributed by atoms with Gasteiger partial charge in [0.2, 0.25) is 0 Å². The summed E-state index contributed by atoms with van der Waals surface area (Å²) >= 11 is 0. The lowest BCUT2D eigenvalue weighted by Crippen LogP contribution is -2.09. The van der Waals surface area contributed by atoms with Gasteiger partial charge in [-0.25, -0.2) is 28.7 Å². The van der Waals surface area contributed by atoms with Gasteiger partial charge in [-0.2, -0.15) is 0 Å². The maximum atomic E-state index is 14.3. The van der Waals surface area contributed by atoms with E-state index in [4.69, 9.17) is 4.74 Å². The maximum absolute atomic E-state index is 14.3. The van der Waals surface area contributed by atoms with Crippen molar-refractivity contribution in [1.29, 1.82) is 0 Å². The summed E-state index contributed by atoms with van der Waals surface area (Å²) in [7, 11) is 1.62. The number of nitrogens with zero attached hydrogens (tertiary/aromatic N) is 4. The van der Waals surface area contributed by atoms with Gasteiger partial charge in [0.1, 0.15) is 29.6 Å². The van der Waals surface area contributed by atoms with Crippen LogP contribution in [0.2, 0.25) is 0 Å². The number of fused-ring (bicyclic) bond motifs is 1. The fourth-order valence-electron chi connectivity index (χ4n) is 2.93. The molecule has 0 aliphatic carbocycles. The number of halogens is 2. The average molecular weight is 408 g/mol. The summed E-state index contributed by atoms with van der Waals surface area (Å²) in [6, 6.07) is 10.2. The quantitative estimate of drug-likeness (QED) is 0.444. The van der Waals surface area contributed by atoms with Crippen molar-refractivity contribution < 1.29 is 13.5 Å². The molecule has 0 saturated carbocycles. The van der Waals surface area contributed by atoms with Gasteiger partial charge in [0.05, 0.1) is 18.0 Å². The summed E-state index contributed by atoms with van der Waals surface area (Å²) in [6.07, 6.45) is 3.01. The SMILES string of the molecule is COCCNc1cc(Nc2cc(-c3cc(F)ccc3F)nc3ncccc23)ncn1. The number of aromatic nitrogens is 4. The van der Waals surface area contributed by atoms with Crippen molar-refractivity contribution in [3.63, 3.8) is 0 Å².